The second-order valence-electron chi connectivity index (χ2n) is 10.1. The Bertz CT molecular complexity index is 1370. The summed E-state index contributed by atoms with van der Waals surface area (Å²) >= 11 is 0. The SMILES string of the molecule is CC(=N)/C(C(=O)N(C)c1ccc(OC(F)(F)F)c(C2=C[C@@]3(CCC(CO)C3c3ccc(F)cc3)OC2)c1)=C(/C)O. The number of allylic oxidation sites excluding steroid dienone is 1. The van der Waals surface area contributed by atoms with E-state index in [-0.39, 0.29) is 53.3 Å². The highest BCUT2D eigenvalue weighted by Gasteiger charge is 2.51. The third-order valence-corrected chi connectivity index (χ3v) is 7.46. The molecule has 0 saturated heterocycles. The minimum atomic E-state index is -4.98. The van der Waals surface area contributed by atoms with E-state index in [0.717, 1.165) is 16.5 Å². The van der Waals surface area contributed by atoms with Gasteiger partial charge in [0, 0.05) is 36.5 Å². The van der Waals surface area contributed by atoms with Gasteiger partial charge in [-0.1, -0.05) is 12.1 Å². The molecule has 1 fully saturated rings. The fourth-order valence-corrected chi connectivity index (χ4v) is 5.69. The van der Waals surface area contributed by atoms with Crippen molar-refractivity contribution in [3.63, 3.8) is 0 Å². The molecule has 1 aliphatic heterocycles. The Morgan fingerprint density at radius 3 is 2.45 bits per heavy atom. The first-order chi connectivity index (χ1) is 18.8. The maximum atomic E-state index is 13.6. The first-order valence-electron chi connectivity index (χ1n) is 12.6. The van der Waals surface area contributed by atoms with Gasteiger partial charge in [0.1, 0.15) is 17.3 Å². The molecule has 40 heavy (non-hydrogen) atoms. The summed E-state index contributed by atoms with van der Waals surface area (Å²) < 4.78 is 64.2. The van der Waals surface area contributed by atoms with Crippen molar-refractivity contribution in [1.82, 2.24) is 0 Å². The zero-order chi connectivity index (χ0) is 29.4. The van der Waals surface area contributed by atoms with E-state index in [2.05, 4.69) is 4.74 Å². The number of nitrogens with one attached hydrogen (secondary N) is 1. The van der Waals surface area contributed by atoms with Crippen molar-refractivity contribution in [2.75, 3.05) is 25.2 Å². The van der Waals surface area contributed by atoms with Gasteiger partial charge in [-0.05, 0) is 80.2 Å². The number of ether oxygens (including phenoxy) is 2. The third-order valence-electron chi connectivity index (χ3n) is 7.46. The molecule has 1 spiro atoms. The van der Waals surface area contributed by atoms with E-state index in [1.54, 1.807) is 18.2 Å². The van der Waals surface area contributed by atoms with Gasteiger partial charge in [-0.15, -0.1) is 13.2 Å². The van der Waals surface area contributed by atoms with Crippen molar-refractivity contribution in [2.24, 2.45) is 5.92 Å². The predicted molar refractivity (Wildman–Crippen MR) is 141 cm³/mol. The number of amides is 1. The Labute approximate surface area is 228 Å². The van der Waals surface area contributed by atoms with E-state index in [1.807, 2.05) is 0 Å². The van der Waals surface area contributed by atoms with E-state index < -0.39 is 29.4 Å². The van der Waals surface area contributed by atoms with Crippen molar-refractivity contribution in [3.05, 3.63) is 76.8 Å². The highest BCUT2D eigenvalue weighted by molar-refractivity contribution is 6.24. The molecule has 214 valence electrons. The molecule has 4 rings (SSSR count). The van der Waals surface area contributed by atoms with Gasteiger partial charge >= 0.3 is 6.36 Å². The minimum Gasteiger partial charge on any atom is -0.512 e. The molecule has 3 atom stereocenters. The number of likely N-dealkylation sites (N-methyl/N-ethyl adjacent to an activating group) is 1. The number of alkyl halides is 3. The molecule has 0 aromatic heterocycles. The van der Waals surface area contributed by atoms with Crippen LogP contribution in [0.2, 0.25) is 0 Å². The number of carbonyl (C=O) groups is 1. The second kappa shape index (κ2) is 11.1. The zero-order valence-electron chi connectivity index (χ0n) is 22.2. The van der Waals surface area contributed by atoms with Crippen LogP contribution in [0.3, 0.4) is 0 Å². The molecule has 0 bridgehead atoms. The van der Waals surface area contributed by atoms with Crippen LogP contribution in [0, 0.1) is 17.1 Å². The molecule has 7 nitrogen and oxygen atoms in total. The van der Waals surface area contributed by atoms with Crippen molar-refractivity contribution >= 4 is 22.9 Å². The molecule has 2 unspecified atom stereocenters. The number of benzene rings is 2. The summed E-state index contributed by atoms with van der Waals surface area (Å²) in [5, 5.41) is 27.8. The quantitative estimate of drug-likeness (QED) is 0.169. The molecule has 11 heteroatoms. The van der Waals surface area contributed by atoms with Crippen molar-refractivity contribution in [1.29, 1.82) is 5.41 Å². The highest BCUT2D eigenvalue weighted by Crippen LogP contribution is 2.54. The number of aliphatic hydroxyl groups excluding tert-OH is 2. The van der Waals surface area contributed by atoms with Gasteiger partial charge in [0.05, 0.1) is 17.8 Å². The molecule has 1 saturated carbocycles. The predicted octanol–water partition coefficient (Wildman–Crippen LogP) is 5.90. The maximum absolute atomic E-state index is 13.6. The Morgan fingerprint density at radius 2 is 1.88 bits per heavy atom. The summed E-state index contributed by atoms with van der Waals surface area (Å²) in [4.78, 5) is 14.2. The highest BCUT2D eigenvalue weighted by atomic mass is 19.4. The Morgan fingerprint density at radius 1 is 1.20 bits per heavy atom. The molecule has 1 amide bonds. The number of hydrogen-bond acceptors (Lipinski definition) is 6. The van der Waals surface area contributed by atoms with Gasteiger partial charge < -0.3 is 30.0 Å². The van der Waals surface area contributed by atoms with Crippen LogP contribution in [0.4, 0.5) is 23.2 Å². The van der Waals surface area contributed by atoms with Crippen molar-refractivity contribution in [3.8, 4) is 5.75 Å². The van der Waals surface area contributed by atoms with Crippen molar-refractivity contribution < 1.29 is 42.0 Å². The monoisotopic (exact) mass is 562 g/mol. The fourth-order valence-electron chi connectivity index (χ4n) is 5.69. The molecule has 1 aliphatic carbocycles. The van der Waals surface area contributed by atoms with Crippen LogP contribution in [-0.4, -0.2) is 54.1 Å². The lowest BCUT2D eigenvalue weighted by molar-refractivity contribution is -0.274. The first kappa shape index (κ1) is 29.3. The summed E-state index contributed by atoms with van der Waals surface area (Å²) in [6.07, 6.45) is -2.17. The van der Waals surface area contributed by atoms with Crippen LogP contribution < -0.4 is 9.64 Å². The number of rotatable bonds is 7. The molecule has 2 aromatic carbocycles. The van der Waals surface area contributed by atoms with E-state index >= 15 is 0 Å². The largest absolute Gasteiger partial charge is 0.573 e. The fraction of sp³-hybridized carbons (Fsp3) is 0.379. The van der Waals surface area contributed by atoms with Gasteiger partial charge in [0.2, 0.25) is 0 Å². The van der Waals surface area contributed by atoms with E-state index in [1.165, 1.54) is 45.2 Å². The van der Waals surface area contributed by atoms with E-state index in [0.29, 0.717) is 18.4 Å². The zero-order valence-corrected chi connectivity index (χ0v) is 22.2. The van der Waals surface area contributed by atoms with E-state index in [9.17, 15) is 32.6 Å². The molecule has 3 N–H and O–H groups in total. The average molecular weight is 563 g/mol. The van der Waals surface area contributed by atoms with Gasteiger partial charge in [-0.25, -0.2) is 4.39 Å². The second-order valence-corrected chi connectivity index (χ2v) is 10.1. The van der Waals surface area contributed by atoms with Crippen LogP contribution in [0.15, 0.2) is 59.9 Å². The minimum absolute atomic E-state index is 0.0504. The molecule has 1 heterocycles. The lowest BCUT2D eigenvalue weighted by Gasteiger charge is -2.32. The first-order valence-corrected chi connectivity index (χ1v) is 12.6. The number of halogens is 4. The Kier molecular flexibility index (Phi) is 8.09. The maximum Gasteiger partial charge on any atom is 0.573 e. The smallest absolute Gasteiger partial charge is 0.512 e. The van der Waals surface area contributed by atoms with Crippen LogP contribution in [0.1, 0.15) is 43.7 Å². The summed E-state index contributed by atoms with van der Waals surface area (Å²) in [6, 6.07) is 9.59. The number of carbonyl (C=O) groups excluding carboxylic acids is 1. The standard InChI is InChI=1S/C29H30F4N2O5/c1-16(34)25(17(2)37)27(38)35(3)22-8-9-24(40-29(31,32)33)23(12-22)20-13-28(39-15-20)11-10-19(14-36)26(28)18-4-6-21(30)7-5-18/h4-9,12-13,19,26,34,36-37H,10-11,14-15H2,1-3H3/b25-17+,34-16?/t19?,26?,28-/m1/s1. The summed E-state index contributed by atoms with van der Waals surface area (Å²) in [5.74, 6) is -2.56. The number of aliphatic hydroxyl groups is 2. The summed E-state index contributed by atoms with van der Waals surface area (Å²) in [5.41, 5.74) is 0.0295. The lowest BCUT2D eigenvalue weighted by Crippen LogP contribution is -2.33. The lowest BCUT2D eigenvalue weighted by atomic mass is 9.80. The number of nitrogens with zero attached hydrogens (tertiary/aromatic N) is 1. The molecule has 0 radical (unpaired) electrons. The number of anilines is 1. The average Bonchev–Trinajstić information content (AvgIpc) is 3.46. The Hall–Kier alpha value is -3.70. The van der Waals surface area contributed by atoms with Crippen LogP contribution in [0.25, 0.3) is 5.57 Å². The topological polar surface area (TPSA) is 103 Å². The van der Waals surface area contributed by atoms with Crippen LogP contribution in [0.5, 0.6) is 5.75 Å². The number of hydrogen-bond donors (Lipinski definition) is 3. The Balaban J connectivity index is 1.79. The van der Waals surface area contributed by atoms with Gasteiger partial charge in [0.25, 0.3) is 5.91 Å². The summed E-state index contributed by atoms with van der Waals surface area (Å²) in [7, 11) is 1.38. The molecule has 2 aromatic rings. The van der Waals surface area contributed by atoms with Crippen molar-refractivity contribution in [2.45, 2.75) is 44.6 Å². The van der Waals surface area contributed by atoms with Gasteiger partial charge in [0.15, 0.2) is 0 Å². The van der Waals surface area contributed by atoms with Gasteiger partial charge in [-0.2, -0.15) is 0 Å². The normalized spacial score (nSPS) is 23.1. The molecule has 2 aliphatic rings. The molecular formula is C29H30F4N2O5. The summed E-state index contributed by atoms with van der Waals surface area (Å²) in [6.45, 7) is 2.40. The van der Waals surface area contributed by atoms with Crippen LogP contribution >= 0.6 is 0 Å². The van der Waals surface area contributed by atoms with Gasteiger partial charge in [-0.3, -0.25) is 4.79 Å². The molecular weight excluding hydrogens is 532 g/mol. The van der Waals surface area contributed by atoms with E-state index in [4.69, 9.17) is 10.1 Å². The third kappa shape index (κ3) is 5.75. The van der Waals surface area contributed by atoms with Crippen LogP contribution in [-0.2, 0) is 9.53 Å².